The quantitative estimate of drug-likeness (QED) is 0.475. The van der Waals surface area contributed by atoms with E-state index in [1.807, 2.05) is 0 Å². The number of likely N-dealkylation sites (tertiary alicyclic amines) is 1. The van der Waals surface area contributed by atoms with Crippen molar-refractivity contribution < 1.29 is 33.8 Å². The summed E-state index contributed by atoms with van der Waals surface area (Å²) in [6.07, 6.45) is -0.949. The first kappa shape index (κ1) is 21.7. The number of carbonyl (C=O) groups is 5. The van der Waals surface area contributed by atoms with Crippen molar-refractivity contribution in [2.45, 2.75) is 38.8 Å². The van der Waals surface area contributed by atoms with E-state index < -0.39 is 41.4 Å². The normalized spacial score (nSPS) is 17.2. The van der Waals surface area contributed by atoms with Crippen LogP contribution in [-0.2, 0) is 23.9 Å². The van der Waals surface area contributed by atoms with Crippen LogP contribution < -0.4 is 10.6 Å². The van der Waals surface area contributed by atoms with Gasteiger partial charge in [-0.3, -0.25) is 24.1 Å². The molecule has 10 nitrogen and oxygen atoms in total. The van der Waals surface area contributed by atoms with E-state index in [0.717, 1.165) is 16.7 Å². The molecule has 0 radical (unpaired) electrons. The number of carboxylic acid groups (broad SMARTS) is 1. The van der Waals surface area contributed by atoms with Crippen molar-refractivity contribution in [2.24, 2.45) is 0 Å². The summed E-state index contributed by atoms with van der Waals surface area (Å²) in [5.41, 5.74) is -0.724. The van der Waals surface area contributed by atoms with E-state index in [4.69, 9.17) is 9.84 Å². The number of ether oxygens (including phenoxy) is 1. The third-order valence-corrected chi connectivity index (χ3v) is 3.97. The Morgan fingerprint density at radius 3 is 2.50 bits per heavy atom. The van der Waals surface area contributed by atoms with Crippen molar-refractivity contribution in [1.82, 2.24) is 15.5 Å². The molecule has 26 heavy (non-hydrogen) atoms. The molecule has 1 unspecified atom stereocenters. The zero-order chi connectivity index (χ0) is 19.9. The molecule has 146 valence electrons. The number of hydrogen-bond acceptors (Lipinski definition) is 7. The number of nitrogens with one attached hydrogen (secondary N) is 2. The van der Waals surface area contributed by atoms with E-state index >= 15 is 0 Å². The second kappa shape index (κ2) is 9.41. The molecule has 1 rings (SSSR count). The van der Waals surface area contributed by atoms with Crippen molar-refractivity contribution in [3.05, 3.63) is 0 Å². The maximum Gasteiger partial charge on any atom is 0.408 e. The van der Waals surface area contributed by atoms with Gasteiger partial charge >= 0.3 is 12.1 Å². The van der Waals surface area contributed by atoms with Crippen molar-refractivity contribution in [2.75, 3.05) is 24.6 Å². The number of aliphatic carboxylic acids is 1. The Kier molecular flexibility index (Phi) is 7.87. The van der Waals surface area contributed by atoms with Crippen LogP contribution in [0, 0.1) is 0 Å². The molecular weight excluding hydrogens is 366 g/mol. The summed E-state index contributed by atoms with van der Waals surface area (Å²) < 4.78 is 5.05. The fourth-order valence-corrected chi connectivity index (χ4v) is 2.63. The molecule has 0 spiro atoms. The summed E-state index contributed by atoms with van der Waals surface area (Å²) in [6.45, 7) is 5.05. The van der Waals surface area contributed by atoms with Crippen molar-refractivity contribution in [3.63, 3.8) is 0 Å². The van der Waals surface area contributed by atoms with Gasteiger partial charge in [0.25, 0.3) is 5.91 Å². The van der Waals surface area contributed by atoms with Gasteiger partial charge in [0.2, 0.25) is 11.8 Å². The first-order chi connectivity index (χ1) is 12.0. The molecule has 0 aromatic rings. The van der Waals surface area contributed by atoms with Gasteiger partial charge in [-0.2, -0.15) is 0 Å². The maximum absolute atomic E-state index is 12.2. The lowest BCUT2D eigenvalue weighted by molar-refractivity contribution is -0.139. The Hall–Kier alpha value is -2.30. The second-order valence-corrected chi connectivity index (χ2v) is 7.51. The standard InChI is InChI=1S/C15H23N3O7S/c1-15(2,3)25-14(24)17-9-6-11(20)18(13(9)23)5-4-16-10(19)7-26-8-12(21)22/h9H,4-8H2,1-3H3,(H,16,19)(H,17,24)(H,21,22). The predicted octanol–water partition coefficient (Wildman–Crippen LogP) is -0.427. The van der Waals surface area contributed by atoms with Gasteiger partial charge < -0.3 is 20.5 Å². The van der Waals surface area contributed by atoms with Crippen molar-refractivity contribution >= 4 is 41.5 Å². The Morgan fingerprint density at radius 2 is 1.92 bits per heavy atom. The fraction of sp³-hybridized carbons (Fsp3) is 0.667. The molecular formula is C15H23N3O7S. The third-order valence-electron chi connectivity index (χ3n) is 3.05. The Bertz CT molecular complexity index is 588. The molecule has 0 bridgehead atoms. The number of carbonyl (C=O) groups excluding carboxylic acids is 4. The van der Waals surface area contributed by atoms with Crippen LogP contribution in [0.5, 0.6) is 0 Å². The van der Waals surface area contributed by atoms with Gasteiger partial charge in [-0.25, -0.2) is 4.79 Å². The molecule has 1 fully saturated rings. The van der Waals surface area contributed by atoms with Crippen LogP contribution in [0.1, 0.15) is 27.2 Å². The lowest BCUT2D eigenvalue weighted by Crippen LogP contribution is -2.45. The minimum atomic E-state index is -1.01. The molecule has 0 aromatic carbocycles. The summed E-state index contributed by atoms with van der Waals surface area (Å²) >= 11 is 0.944. The Balaban J connectivity index is 2.38. The van der Waals surface area contributed by atoms with Crippen LogP contribution in [-0.4, -0.2) is 76.0 Å². The van der Waals surface area contributed by atoms with Gasteiger partial charge in [0.15, 0.2) is 0 Å². The molecule has 1 saturated heterocycles. The molecule has 0 saturated carbocycles. The average Bonchev–Trinajstić information content (AvgIpc) is 2.72. The highest BCUT2D eigenvalue weighted by Gasteiger charge is 2.39. The topological polar surface area (TPSA) is 142 Å². The summed E-state index contributed by atoms with van der Waals surface area (Å²) in [4.78, 5) is 58.7. The second-order valence-electron chi connectivity index (χ2n) is 6.52. The third kappa shape index (κ3) is 7.72. The number of amides is 4. The molecule has 1 aliphatic rings. The van der Waals surface area contributed by atoms with E-state index in [1.165, 1.54) is 0 Å². The molecule has 1 heterocycles. The number of hydrogen-bond donors (Lipinski definition) is 3. The summed E-state index contributed by atoms with van der Waals surface area (Å²) in [7, 11) is 0. The minimum Gasteiger partial charge on any atom is -0.481 e. The molecule has 1 aliphatic heterocycles. The van der Waals surface area contributed by atoms with Gasteiger partial charge in [0.1, 0.15) is 11.6 Å². The number of nitrogens with zero attached hydrogens (tertiary/aromatic N) is 1. The summed E-state index contributed by atoms with van der Waals surface area (Å²) in [5.74, 6) is -2.63. The highest BCUT2D eigenvalue weighted by Crippen LogP contribution is 2.14. The number of rotatable bonds is 8. The van der Waals surface area contributed by atoms with Gasteiger partial charge in [0.05, 0.1) is 17.9 Å². The first-order valence-electron chi connectivity index (χ1n) is 7.89. The smallest absolute Gasteiger partial charge is 0.408 e. The van der Waals surface area contributed by atoms with Crippen LogP contribution in [0.25, 0.3) is 0 Å². The average molecular weight is 389 g/mol. The highest BCUT2D eigenvalue weighted by molar-refractivity contribution is 8.00. The predicted molar refractivity (Wildman–Crippen MR) is 92.5 cm³/mol. The maximum atomic E-state index is 12.2. The fourth-order valence-electron chi connectivity index (χ4n) is 2.07. The van der Waals surface area contributed by atoms with Crippen LogP contribution in [0.2, 0.25) is 0 Å². The molecule has 0 aromatic heterocycles. The van der Waals surface area contributed by atoms with Crippen LogP contribution in [0.3, 0.4) is 0 Å². The SMILES string of the molecule is CC(C)(C)OC(=O)NC1CC(=O)N(CCNC(=O)CSCC(=O)O)C1=O. The van der Waals surface area contributed by atoms with E-state index in [2.05, 4.69) is 10.6 Å². The lowest BCUT2D eigenvalue weighted by atomic mass is 10.2. The number of alkyl carbamates (subject to hydrolysis) is 1. The van der Waals surface area contributed by atoms with E-state index in [0.29, 0.717) is 0 Å². The Labute approximate surface area is 155 Å². The van der Waals surface area contributed by atoms with Gasteiger partial charge in [-0.1, -0.05) is 0 Å². The van der Waals surface area contributed by atoms with Crippen molar-refractivity contribution in [3.8, 4) is 0 Å². The van der Waals surface area contributed by atoms with E-state index in [9.17, 15) is 24.0 Å². The lowest BCUT2D eigenvalue weighted by Gasteiger charge is -2.21. The Morgan fingerprint density at radius 1 is 1.27 bits per heavy atom. The highest BCUT2D eigenvalue weighted by atomic mass is 32.2. The van der Waals surface area contributed by atoms with Crippen molar-refractivity contribution in [1.29, 1.82) is 0 Å². The van der Waals surface area contributed by atoms with Gasteiger partial charge in [-0.15, -0.1) is 11.8 Å². The summed E-state index contributed by atoms with van der Waals surface area (Å²) in [5, 5.41) is 13.3. The van der Waals surface area contributed by atoms with Crippen LogP contribution >= 0.6 is 11.8 Å². The molecule has 4 amide bonds. The number of carboxylic acids is 1. The zero-order valence-electron chi connectivity index (χ0n) is 14.9. The number of imide groups is 1. The minimum absolute atomic E-state index is 0.0283. The monoisotopic (exact) mass is 389 g/mol. The molecule has 1 atom stereocenters. The van der Waals surface area contributed by atoms with E-state index in [-0.39, 0.29) is 31.0 Å². The van der Waals surface area contributed by atoms with Gasteiger partial charge in [-0.05, 0) is 20.8 Å². The molecule has 3 N–H and O–H groups in total. The van der Waals surface area contributed by atoms with Crippen LogP contribution in [0.15, 0.2) is 0 Å². The largest absolute Gasteiger partial charge is 0.481 e. The van der Waals surface area contributed by atoms with Gasteiger partial charge in [0, 0.05) is 13.1 Å². The summed E-state index contributed by atoms with van der Waals surface area (Å²) in [6, 6.07) is -0.987. The van der Waals surface area contributed by atoms with E-state index in [1.54, 1.807) is 20.8 Å². The molecule has 11 heteroatoms. The first-order valence-corrected chi connectivity index (χ1v) is 9.05. The van der Waals surface area contributed by atoms with Crippen LogP contribution in [0.4, 0.5) is 4.79 Å². The zero-order valence-corrected chi connectivity index (χ0v) is 15.7. The number of thioether (sulfide) groups is 1. The molecule has 0 aliphatic carbocycles.